The van der Waals surface area contributed by atoms with E-state index in [2.05, 4.69) is 10.6 Å². The van der Waals surface area contributed by atoms with Crippen molar-refractivity contribution in [3.05, 3.63) is 0 Å². The third-order valence-corrected chi connectivity index (χ3v) is 2.81. The van der Waals surface area contributed by atoms with E-state index in [0.717, 1.165) is 0 Å². The maximum Gasteiger partial charge on any atom is 0.326 e. The number of carbonyl (C=O) groups excluding carboxylic acids is 1. The Morgan fingerprint density at radius 3 is 2.72 bits per heavy atom. The molecule has 0 aromatic carbocycles. The van der Waals surface area contributed by atoms with E-state index >= 15 is 0 Å². The van der Waals surface area contributed by atoms with Crippen LogP contribution in [-0.2, 0) is 9.53 Å². The van der Waals surface area contributed by atoms with Gasteiger partial charge >= 0.3 is 12.0 Å². The SMILES string of the molecule is CCOCCCNC(=O)N[C@@H](CCSC)C(=O)O. The summed E-state index contributed by atoms with van der Waals surface area (Å²) in [4.78, 5) is 22.3. The minimum Gasteiger partial charge on any atom is -0.480 e. The van der Waals surface area contributed by atoms with Crippen LogP contribution in [0.1, 0.15) is 19.8 Å². The molecule has 0 heterocycles. The predicted molar refractivity (Wildman–Crippen MR) is 72.1 cm³/mol. The number of aliphatic carboxylic acids is 1. The van der Waals surface area contributed by atoms with Crippen LogP contribution < -0.4 is 10.6 Å². The predicted octanol–water partition coefficient (Wildman–Crippen LogP) is 0.919. The topological polar surface area (TPSA) is 87.7 Å². The molecule has 6 nitrogen and oxygen atoms in total. The maximum absolute atomic E-state index is 11.4. The highest BCUT2D eigenvalue weighted by molar-refractivity contribution is 7.98. The maximum atomic E-state index is 11.4. The van der Waals surface area contributed by atoms with Crippen LogP contribution in [0, 0.1) is 0 Å². The van der Waals surface area contributed by atoms with E-state index in [0.29, 0.717) is 38.4 Å². The van der Waals surface area contributed by atoms with Crippen LogP contribution >= 0.6 is 11.8 Å². The third kappa shape index (κ3) is 9.12. The Balaban J connectivity index is 3.77. The third-order valence-electron chi connectivity index (χ3n) is 2.17. The van der Waals surface area contributed by atoms with Gasteiger partial charge in [0.1, 0.15) is 6.04 Å². The molecule has 0 spiro atoms. The Kier molecular flexibility index (Phi) is 10.6. The van der Waals surface area contributed by atoms with Crippen molar-refractivity contribution in [1.29, 1.82) is 0 Å². The number of ether oxygens (including phenoxy) is 1. The Morgan fingerprint density at radius 2 is 2.17 bits per heavy atom. The fourth-order valence-electron chi connectivity index (χ4n) is 1.22. The second-order valence-corrected chi connectivity index (χ2v) is 4.61. The van der Waals surface area contributed by atoms with Crippen LogP contribution in [0.4, 0.5) is 4.79 Å². The van der Waals surface area contributed by atoms with Gasteiger partial charge in [0, 0.05) is 19.8 Å². The molecule has 18 heavy (non-hydrogen) atoms. The summed E-state index contributed by atoms with van der Waals surface area (Å²) in [6.07, 6.45) is 3.03. The first kappa shape index (κ1) is 17.1. The molecule has 0 rings (SSSR count). The van der Waals surface area contributed by atoms with Gasteiger partial charge < -0.3 is 20.5 Å². The number of hydrogen-bond acceptors (Lipinski definition) is 4. The second kappa shape index (κ2) is 11.2. The van der Waals surface area contributed by atoms with Crippen molar-refractivity contribution in [1.82, 2.24) is 10.6 Å². The van der Waals surface area contributed by atoms with E-state index in [1.807, 2.05) is 13.2 Å². The van der Waals surface area contributed by atoms with Crippen LogP contribution in [0.5, 0.6) is 0 Å². The van der Waals surface area contributed by atoms with E-state index in [1.54, 1.807) is 11.8 Å². The van der Waals surface area contributed by atoms with Crippen molar-refractivity contribution in [3.8, 4) is 0 Å². The average molecular weight is 278 g/mol. The second-order valence-electron chi connectivity index (χ2n) is 3.62. The number of amides is 2. The van der Waals surface area contributed by atoms with Gasteiger partial charge in [-0.3, -0.25) is 0 Å². The van der Waals surface area contributed by atoms with Gasteiger partial charge in [-0.05, 0) is 31.8 Å². The lowest BCUT2D eigenvalue weighted by molar-refractivity contribution is -0.139. The largest absolute Gasteiger partial charge is 0.480 e. The summed E-state index contributed by atoms with van der Waals surface area (Å²) < 4.78 is 5.12. The van der Waals surface area contributed by atoms with Crippen molar-refractivity contribution in [2.45, 2.75) is 25.8 Å². The zero-order valence-electron chi connectivity index (χ0n) is 10.9. The molecule has 0 aliphatic rings. The molecule has 0 bridgehead atoms. The Hall–Kier alpha value is -0.950. The fraction of sp³-hybridized carbons (Fsp3) is 0.818. The molecule has 106 valence electrons. The molecule has 2 amide bonds. The number of rotatable bonds is 10. The molecule has 0 aromatic heterocycles. The lowest BCUT2D eigenvalue weighted by Gasteiger charge is -2.14. The lowest BCUT2D eigenvalue weighted by atomic mass is 10.2. The van der Waals surface area contributed by atoms with Crippen molar-refractivity contribution in [2.24, 2.45) is 0 Å². The van der Waals surface area contributed by atoms with Gasteiger partial charge in [0.15, 0.2) is 0 Å². The number of carboxylic acid groups (broad SMARTS) is 1. The Labute approximate surface area is 112 Å². The minimum absolute atomic E-state index is 0.420. The highest BCUT2D eigenvalue weighted by Crippen LogP contribution is 2.00. The summed E-state index contributed by atoms with van der Waals surface area (Å²) >= 11 is 1.55. The fourth-order valence-corrected chi connectivity index (χ4v) is 1.69. The quantitative estimate of drug-likeness (QED) is 0.517. The van der Waals surface area contributed by atoms with E-state index in [4.69, 9.17) is 9.84 Å². The van der Waals surface area contributed by atoms with E-state index in [9.17, 15) is 9.59 Å². The van der Waals surface area contributed by atoms with Crippen LogP contribution in [0.3, 0.4) is 0 Å². The molecule has 0 fully saturated rings. The molecule has 0 saturated heterocycles. The van der Waals surface area contributed by atoms with Gasteiger partial charge in [0.2, 0.25) is 0 Å². The summed E-state index contributed by atoms with van der Waals surface area (Å²) in [6, 6.07) is -1.27. The minimum atomic E-state index is -1.01. The average Bonchev–Trinajstić information content (AvgIpc) is 2.33. The van der Waals surface area contributed by atoms with Crippen LogP contribution in [0.25, 0.3) is 0 Å². The van der Waals surface area contributed by atoms with Gasteiger partial charge in [-0.15, -0.1) is 0 Å². The molecular weight excluding hydrogens is 256 g/mol. The number of urea groups is 1. The molecule has 0 radical (unpaired) electrons. The molecular formula is C11H22N2O4S. The van der Waals surface area contributed by atoms with Crippen LogP contribution in [-0.4, -0.2) is 54.9 Å². The molecule has 3 N–H and O–H groups in total. The first-order chi connectivity index (χ1) is 8.61. The summed E-state index contributed by atoms with van der Waals surface area (Å²) in [5, 5.41) is 14.0. The standard InChI is InChI=1S/C11H22N2O4S/c1-3-17-7-4-6-12-11(16)13-9(10(14)15)5-8-18-2/h9H,3-8H2,1-2H3,(H,14,15)(H2,12,13,16)/t9-/m0/s1. The summed E-state index contributed by atoms with van der Waals surface area (Å²) in [6.45, 7) is 3.62. The Bertz CT molecular complexity index is 251. The lowest BCUT2D eigenvalue weighted by Crippen LogP contribution is -2.46. The zero-order chi connectivity index (χ0) is 13.8. The summed E-state index contributed by atoms with van der Waals surface area (Å²) in [5.74, 6) is -0.310. The summed E-state index contributed by atoms with van der Waals surface area (Å²) in [7, 11) is 0. The number of thioether (sulfide) groups is 1. The highest BCUT2D eigenvalue weighted by Gasteiger charge is 2.18. The molecule has 0 unspecified atom stereocenters. The monoisotopic (exact) mass is 278 g/mol. The molecule has 1 atom stereocenters. The molecule has 0 aliphatic carbocycles. The smallest absolute Gasteiger partial charge is 0.326 e. The van der Waals surface area contributed by atoms with E-state index in [1.165, 1.54) is 0 Å². The molecule has 0 saturated carbocycles. The van der Waals surface area contributed by atoms with Gasteiger partial charge in [-0.1, -0.05) is 0 Å². The van der Waals surface area contributed by atoms with Gasteiger partial charge in [-0.2, -0.15) is 11.8 Å². The van der Waals surface area contributed by atoms with Gasteiger partial charge in [0.05, 0.1) is 0 Å². The van der Waals surface area contributed by atoms with Gasteiger partial charge in [0.25, 0.3) is 0 Å². The molecule has 0 aromatic rings. The van der Waals surface area contributed by atoms with Crippen molar-refractivity contribution < 1.29 is 19.4 Å². The number of carboxylic acids is 1. The van der Waals surface area contributed by atoms with E-state index < -0.39 is 18.0 Å². The first-order valence-corrected chi connectivity index (χ1v) is 7.35. The normalized spacial score (nSPS) is 11.9. The van der Waals surface area contributed by atoms with E-state index in [-0.39, 0.29) is 0 Å². The summed E-state index contributed by atoms with van der Waals surface area (Å²) in [5.41, 5.74) is 0. The van der Waals surface area contributed by atoms with Crippen LogP contribution in [0.15, 0.2) is 0 Å². The van der Waals surface area contributed by atoms with Crippen molar-refractivity contribution in [3.63, 3.8) is 0 Å². The molecule has 7 heteroatoms. The first-order valence-electron chi connectivity index (χ1n) is 5.95. The van der Waals surface area contributed by atoms with Gasteiger partial charge in [-0.25, -0.2) is 9.59 Å². The highest BCUT2D eigenvalue weighted by atomic mass is 32.2. The van der Waals surface area contributed by atoms with Crippen molar-refractivity contribution >= 4 is 23.8 Å². The number of carbonyl (C=O) groups is 2. The van der Waals surface area contributed by atoms with Crippen molar-refractivity contribution in [2.75, 3.05) is 31.8 Å². The zero-order valence-corrected chi connectivity index (χ0v) is 11.7. The van der Waals surface area contributed by atoms with Crippen LogP contribution in [0.2, 0.25) is 0 Å². The Morgan fingerprint density at radius 1 is 1.44 bits per heavy atom. The number of hydrogen-bond donors (Lipinski definition) is 3. The molecule has 0 aliphatic heterocycles. The number of nitrogens with one attached hydrogen (secondary N) is 2.